The summed E-state index contributed by atoms with van der Waals surface area (Å²) in [5, 5.41) is 8.80. The van der Waals surface area contributed by atoms with Gasteiger partial charge in [-0.2, -0.15) is 0 Å². The van der Waals surface area contributed by atoms with Crippen LogP contribution in [0.3, 0.4) is 0 Å². The lowest BCUT2D eigenvalue weighted by molar-refractivity contribution is -0.123. The number of hydrogen-bond acceptors (Lipinski definition) is 5. The summed E-state index contributed by atoms with van der Waals surface area (Å²) in [6, 6.07) is -0.199. The monoisotopic (exact) mass is 221 g/mol. The Morgan fingerprint density at radius 2 is 2.25 bits per heavy atom. The van der Waals surface area contributed by atoms with Gasteiger partial charge in [-0.15, -0.1) is 0 Å². The molecule has 0 saturated carbocycles. The normalized spacial score (nSPS) is 20.1. The first-order valence-corrected chi connectivity index (χ1v) is 5.33. The van der Waals surface area contributed by atoms with Crippen molar-refractivity contribution in [2.24, 2.45) is 0 Å². The Labute approximate surface area is 93.9 Å². The predicted octanol–water partition coefficient (Wildman–Crippen LogP) is 0.209. The molecule has 16 heavy (non-hydrogen) atoms. The second-order valence-corrected chi connectivity index (χ2v) is 3.67. The number of carbonyl (C=O) groups excluding carboxylic acids is 1. The molecule has 1 unspecified atom stereocenters. The topological polar surface area (TPSA) is 78.9 Å². The average Bonchev–Trinajstić information content (AvgIpc) is 2.32. The highest BCUT2D eigenvalue weighted by atomic mass is 16.2. The van der Waals surface area contributed by atoms with Crippen molar-refractivity contribution in [1.29, 1.82) is 0 Å². The number of hydrogen-bond donors (Lipinski definition) is 3. The fourth-order valence-corrected chi connectivity index (χ4v) is 1.64. The van der Waals surface area contributed by atoms with Crippen LogP contribution in [-0.2, 0) is 4.79 Å². The SMILES string of the molecule is CNc1cncc(NC2CCCNC2=O)n1. The maximum absolute atomic E-state index is 11.5. The quantitative estimate of drug-likeness (QED) is 0.680. The molecule has 1 aliphatic heterocycles. The van der Waals surface area contributed by atoms with Gasteiger partial charge >= 0.3 is 0 Å². The molecule has 1 amide bonds. The van der Waals surface area contributed by atoms with E-state index in [4.69, 9.17) is 0 Å². The molecule has 0 aromatic carbocycles. The van der Waals surface area contributed by atoms with Gasteiger partial charge in [0, 0.05) is 13.6 Å². The molecule has 6 heteroatoms. The van der Waals surface area contributed by atoms with E-state index >= 15 is 0 Å². The van der Waals surface area contributed by atoms with E-state index < -0.39 is 0 Å². The molecule has 86 valence electrons. The molecule has 2 rings (SSSR count). The van der Waals surface area contributed by atoms with Crippen LogP contribution >= 0.6 is 0 Å². The van der Waals surface area contributed by atoms with E-state index in [0.717, 1.165) is 19.4 Å². The molecular weight excluding hydrogens is 206 g/mol. The van der Waals surface area contributed by atoms with Crippen molar-refractivity contribution in [2.45, 2.75) is 18.9 Å². The zero-order chi connectivity index (χ0) is 11.4. The Hall–Kier alpha value is -1.85. The Morgan fingerprint density at radius 1 is 1.44 bits per heavy atom. The molecular formula is C10H15N5O. The first-order valence-electron chi connectivity index (χ1n) is 5.33. The maximum atomic E-state index is 11.5. The number of piperidine rings is 1. The Bertz CT molecular complexity index is 381. The Balaban J connectivity index is 2.04. The van der Waals surface area contributed by atoms with Gasteiger partial charge < -0.3 is 16.0 Å². The lowest BCUT2D eigenvalue weighted by atomic mass is 10.1. The van der Waals surface area contributed by atoms with Crippen LogP contribution in [0.4, 0.5) is 11.6 Å². The highest BCUT2D eigenvalue weighted by Gasteiger charge is 2.21. The molecule has 1 atom stereocenters. The van der Waals surface area contributed by atoms with E-state index in [0.29, 0.717) is 11.6 Å². The first kappa shape index (κ1) is 10.7. The third-order valence-corrected chi connectivity index (χ3v) is 2.50. The molecule has 1 aromatic heterocycles. The largest absolute Gasteiger partial charge is 0.372 e. The summed E-state index contributed by atoms with van der Waals surface area (Å²) in [6.45, 7) is 0.763. The number of aromatic nitrogens is 2. The van der Waals surface area contributed by atoms with Crippen LogP contribution in [0.25, 0.3) is 0 Å². The molecule has 0 spiro atoms. The van der Waals surface area contributed by atoms with Gasteiger partial charge in [-0.25, -0.2) is 4.98 Å². The highest BCUT2D eigenvalue weighted by molar-refractivity contribution is 5.84. The fourth-order valence-electron chi connectivity index (χ4n) is 1.64. The maximum Gasteiger partial charge on any atom is 0.242 e. The minimum Gasteiger partial charge on any atom is -0.372 e. The number of nitrogens with zero attached hydrogens (tertiary/aromatic N) is 2. The minimum atomic E-state index is -0.199. The highest BCUT2D eigenvalue weighted by Crippen LogP contribution is 2.11. The van der Waals surface area contributed by atoms with Crippen LogP contribution in [0, 0.1) is 0 Å². The van der Waals surface area contributed by atoms with Crippen molar-refractivity contribution < 1.29 is 4.79 Å². The summed E-state index contributed by atoms with van der Waals surface area (Å²) < 4.78 is 0. The molecule has 0 radical (unpaired) electrons. The lowest BCUT2D eigenvalue weighted by Gasteiger charge is -2.23. The number of nitrogens with one attached hydrogen (secondary N) is 3. The summed E-state index contributed by atoms with van der Waals surface area (Å²) >= 11 is 0. The number of anilines is 2. The molecule has 0 bridgehead atoms. The van der Waals surface area contributed by atoms with Gasteiger partial charge in [0.05, 0.1) is 12.4 Å². The first-order chi connectivity index (χ1) is 7.79. The van der Waals surface area contributed by atoms with Crippen LogP contribution in [0.5, 0.6) is 0 Å². The summed E-state index contributed by atoms with van der Waals surface area (Å²) in [5.74, 6) is 1.33. The molecule has 1 aliphatic rings. The van der Waals surface area contributed by atoms with Crippen molar-refractivity contribution >= 4 is 17.5 Å². The molecule has 6 nitrogen and oxygen atoms in total. The summed E-state index contributed by atoms with van der Waals surface area (Å²) in [4.78, 5) is 19.8. The Morgan fingerprint density at radius 3 is 3.00 bits per heavy atom. The third kappa shape index (κ3) is 2.39. The van der Waals surface area contributed by atoms with Crippen molar-refractivity contribution in [2.75, 3.05) is 24.2 Å². The van der Waals surface area contributed by atoms with E-state index in [2.05, 4.69) is 25.9 Å². The summed E-state index contributed by atoms with van der Waals surface area (Å²) in [5.41, 5.74) is 0. The van der Waals surface area contributed by atoms with Gasteiger partial charge in [0.1, 0.15) is 17.7 Å². The third-order valence-electron chi connectivity index (χ3n) is 2.50. The van der Waals surface area contributed by atoms with Crippen LogP contribution in [-0.4, -0.2) is 35.5 Å². The number of amides is 1. The van der Waals surface area contributed by atoms with Gasteiger partial charge in [0.15, 0.2) is 0 Å². The molecule has 1 fully saturated rings. The smallest absolute Gasteiger partial charge is 0.242 e. The van der Waals surface area contributed by atoms with Gasteiger partial charge in [-0.3, -0.25) is 9.78 Å². The van der Waals surface area contributed by atoms with E-state index in [1.54, 1.807) is 19.4 Å². The van der Waals surface area contributed by atoms with Crippen LogP contribution < -0.4 is 16.0 Å². The molecule has 2 heterocycles. The van der Waals surface area contributed by atoms with Crippen molar-refractivity contribution in [3.8, 4) is 0 Å². The van der Waals surface area contributed by atoms with Crippen molar-refractivity contribution in [1.82, 2.24) is 15.3 Å². The van der Waals surface area contributed by atoms with Gasteiger partial charge in [0.2, 0.25) is 5.91 Å². The average molecular weight is 221 g/mol. The molecule has 0 aliphatic carbocycles. The van der Waals surface area contributed by atoms with Crippen LogP contribution in [0.1, 0.15) is 12.8 Å². The van der Waals surface area contributed by atoms with E-state index in [1.807, 2.05) is 0 Å². The van der Waals surface area contributed by atoms with Crippen LogP contribution in [0.15, 0.2) is 12.4 Å². The van der Waals surface area contributed by atoms with Gasteiger partial charge in [-0.1, -0.05) is 0 Å². The second-order valence-electron chi connectivity index (χ2n) is 3.67. The van der Waals surface area contributed by atoms with Gasteiger partial charge in [-0.05, 0) is 12.8 Å². The Kier molecular flexibility index (Phi) is 3.19. The number of rotatable bonds is 3. The lowest BCUT2D eigenvalue weighted by Crippen LogP contribution is -2.44. The summed E-state index contributed by atoms with van der Waals surface area (Å²) in [7, 11) is 1.78. The zero-order valence-electron chi connectivity index (χ0n) is 9.16. The van der Waals surface area contributed by atoms with Gasteiger partial charge in [0.25, 0.3) is 0 Å². The standard InChI is InChI=1S/C10H15N5O/c1-11-8-5-12-6-9(15-8)14-7-3-2-4-13-10(7)16/h5-7H,2-4H2,1H3,(H,13,16)(H2,11,14,15). The predicted molar refractivity (Wildman–Crippen MR) is 61.2 cm³/mol. The molecule has 1 aromatic rings. The van der Waals surface area contributed by atoms with E-state index in [-0.39, 0.29) is 11.9 Å². The van der Waals surface area contributed by atoms with E-state index in [1.165, 1.54) is 0 Å². The zero-order valence-corrected chi connectivity index (χ0v) is 9.16. The van der Waals surface area contributed by atoms with Crippen molar-refractivity contribution in [3.63, 3.8) is 0 Å². The fraction of sp³-hybridized carbons (Fsp3) is 0.500. The van der Waals surface area contributed by atoms with Crippen molar-refractivity contribution in [3.05, 3.63) is 12.4 Å². The molecule has 3 N–H and O–H groups in total. The minimum absolute atomic E-state index is 0.0305. The summed E-state index contributed by atoms with van der Waals surface area (Å²) in [6.07, 6.45) is 5.06. The molecule has 1 saturated heterocycles. The second kappa shape index (κ2) is 4.78. The van der Waals surface area contributed by atoms with E-state index in [9.17, 15) is 4.79 Å². The van der Waals surface area contributed by atoms with Crippen LogP contribution in [0.2, 0.25) is 0 Å². The number of carbonyl (C=O) groups is 1.